The molecule has 1 N–H and O–H groups in total. The fourth-order valence-electron chi connectivity index (χ4n) is 4.06. The molecule has 1 aliphatic rings. The van der Waals surface area contributed by atoms with Crippen LogP contribution in [0.15, 0.2) is 59.9 Å². The quantitative estimate of drug-likeness (QED) is 0.221. The number of nitrogens with one attached hydrogen (secondary N) is 1. The summed E-state index contributed by atoms with van der Waals surface area (Å²) in [6.07, 6.45) is -0.205. The van der Waals surface area contributed by atoms with Gasteiger partial charge in [0.15, 0.2) is 0 Å². The van der Waals surface area contributed by atoms with Gasteiger partial charge in [-0.25, -0.2) is 9.97 Å². The minimum Gasteiger partial charge on any atom is -0.324 e. The fourth-order valence-corrected chi connectivity index (χ4v) is 6.65. The van der Waals surface area contributed by atoms with Gasteiger partial charge >= 0.3 is 6.18 Å². The second-order valence-corrected chi connectivity index (χ2v) is 10.4. The number of halogens is 4. The summed E-state index contributed by atoms with van der Waals surface area (Å²) in [4.78, 5) is 24.4. The molecule has 10 heteroatoms. The summed E-state index contributed by atoms with van der Waals surface area (Å²) < 4.78 is 40.8. The van der Waals surface area contributed by atoms with E-state index in [0.717, 1.165) is 35.5 Å². The lowest BCUT2D eigenvalue weighted by Gasteiger charge is -2.19. The number of rotatable bonds is 5. The van der Waals surface area contributed by atoms with E-state index in [1.165, 1.54) is 40.7 Å². The van der Waals surface area contributed by atoms with Crippen molar-refractivity contribution in [2.24, 2.45) is 0 Å². The van der Waals surface area contributed by atoms with E-state index in [1.54, 1.807) is 35.6 Å². The Morgan fingerprint density at radius 2 is 1.91 bits per heavy atom. The minimum absolute atomic E-state index is 0.0611. The van der Waals surface area contributed by atoms with Crippen molar-refractivity contribution in [2.45, 2.75) is 35.7 Å². The summed E-state index contributed by atoms with van der Waals surface area (Å²) in [5.74, 6) is -0.581. The van der Waals surface area contributed by atoms with Crippen molar-refractivity contribution in [3.8, 4) is 0 Å². The number of fused-ring (bicyclic) bond motifs is 3. The largest absolute Gasteiger partial charge is 0.418 e. The van der Waals surface area contributed by atoms with Crippen LogP contribution >= 0.6 is 34.7 Å². The van der Waals surface area contributed by atoms with Crippen LogP contribution in [-0.4, -0.2) is 15.9 Å². The van der Waals surface area contributed by atoms with Crippen LogP contribution in [0.4, 0.5) is 18.9 Å². The third-order valence-electron chi connectivity index (χ3n) is 5.58. The molecule has 174 valence electrons. The predicted molar refractivity (Wildman–Crippen MR) is 130 cm³/mol. The van der Waals surface area contributed by atoms with Crippen LogP contribution in [0.3, 0.4) is 0 Å². The zero-order valence-corrected chi connectivity index (χ0v) is 19.9. The van der Waals surface area contributed by atoms with Gasteiger partial charge in [-0.05, 0) is 48.6 Å². The van der Waals surface area contributed by atoms with Crippen LogP contribution in [0.1, 0.15) is 33.2 Å². The molecule has 4 nitrogen and oxygen atoms in total. The molecule has 0 radical (unpaired) electrons. The normalized spacial score (nSPS) is 14.2. The topological polar surface area (TPSA) is 54.9 Å². The van der Waals surface area contributed by atoms with Gasteiger partial charge in [0.2, 0.25) is 5.91 Å². The number of hydrogen-bond acceptors (Lipinski definition) is 5. The molecule has 5 rings (SSSR count). The Bertz CT molecular complexity index is 1380. The Balaban J connectivity index is 1.53. The summed E-state index contributed by atoms with van der Waals surface area (Å²) in [7, 11) is 0. The van der Waals surface area contributed by atoms with Gasteiger partial charge in [0, 0.05) is 15.3 Å². The zero-order chi connectivity index (χ0) is 23.9. The first-order chi connectivity index (χ1) is 16.3. The maximum Gasteiger partial charge on any atom is 0.418 e. The summed E-state index contributed by atoms with van der Waals surface area (Å²) in [5.41, 5.74) is 0.538. The lowest BCUT2D eigenvalue weighted by atomic mass is 10.1. The van der Waals surface area contributed by atoms with E-state index in [4.69, 9.17) is 11.6 Å². The summed E-state index contributed by atoms with van der Waals surface area (Å²) in [6.45, 7) is 0. The van der Waals surface area contributed by atoms with Crippen molar-refractivity contribution in [3.05, 3.63) is 81.4 Å². The fraction of sp³-hybridized carbons (Fsp3) is 0.208. The van der Waals surface area contributed by atoms with E-state index in [9.17, 15) is 18.0 Å². The number of alkyl halides is 3. The highest BCUT2D eigenvalue weighted by Gasteiger charge is 2.35. The lowest BCUT2D eigenvalue weighted by Crippen LogP contribution is -2.21. The minimum atomic E-state index is -4.67. The number of aromatic nitrogens is 2. The molecule has 0 saturated heterocycles. The molecule has 1 amide bonds. The SMILES string of the molecule is O=C(Nc1ccc(Cl)cc1C(F)(F)F)[C@@H](Sc1ncnc2sc3c(c12)CCC3)c1ccccc1. The van der Waals surface area contributed by atoms with Crippen molar-refractivity contribution < 1.29 is 18.0 Å². The highest BCUT2D eigenvalue weighted by Crippen LogP contribution is 2.44. The average Bonchev–Trinajstić information content (AvgIpc) is 3.40. The number of anilines is 1. The molecule has 2 heterocycles. The van der Waals surface area contributed by atoms with Gasteiger partial charge in [-0.15, -0.1) is 11.3 Å². The van der Waals surface area contributed by atoms with Crippen molar-refractivity contribution in [1.29, 1.82) is 0 Å². The molecule has 0 aliphatic heterocycles. The molecule has 34 heavy (non-hydrogen) atoms. The summed E-state index contributed by atoms with van der Waals surface area (Å²) >= 11 is 8.65. The third-order valence-corrected chi connectivity index (χ3v) is 8.27. The standard InChI is InChI=1S/C24H17ClF3N3OS2/c25-14-9-10-17(16(11-14)24(26,27)28)31-21(32)20(13-5-2-1-3-6-13)34-23-19-15-7-4-8-18(15)33-22(19)29-12-30-23/h1-3,5-6,9-12,20H,4,7-8H2,(H,31,32)/t20-/m0/s1. The number of amides is 1. The average molecular weight is 520 g/mol. The summed E-state index contributed by atoms with van der Waals surface area (Å²) in [6, 6.07) is 12.3. The van der Waals surface area contributed by atoms with Crippen molar-refractivity contribution in [1.82, 2.24) is 9.97 Å². The van der Waals surface area contributed by atoms with Gasteiger partial charge < -0.3 is 5.32 Å². The Kier molecular flexibility index (Phi) is 6.26. The molecule has 0 saturated carbocycles. The maximum absolute atomic E-state index is 13.6. The molecule has 2 aromatic heterocycles. The van der Waals surface area contributed by atoms with Gasteiger partial charge in [0.25, 0.3) is 0 Å². The highest BCUT2D eigenvalue weighted by atomic mass is 35.5. The van der Waals surface area contributed by atoms with Crippen LogP contribution in [-0.2, 0) is 23.8 Å². The molecule has 4 aromatic rings. The third kappa shape index (κ3) is 4.52. The maximum atomic E-state index is 13.6. The molecule has 0 spiro atoms. The second kappa shape index (κ2) is 9.20. The van der Waals surface area contributed by atoms with E-state index >= 15 is 0 Å². The second-order valence-electron chi connectivity index (χ2n) is 7.80. The molecule has 2 aromatic carbocycles. The molecular formula is C24H17ClF3N3OS2. The van der Waals surface area contributed by atoms with Crippen LogP contribution in [0.25, 0.3) is 10.2 Å². The molecule has 0 bridgehead atoms. The molecule has 0 fully saturated rings. The van der Waals surface area contributed by atoms with Crippen molar-refractivity contribution in [2.75, 3.05) is 5.32 Å². The number of nitrogens with zero attached hydrogens (tertiary/aromatic N) is 2. The smallest absolute Gasteiger partial charge is 0.324 e. The van der Waals surface area contributed by atoms with Gasteiger partial charge in [-0.1, -0.05) is 53.7 Å². The number of aryl methyl sites for hydroxylation is 2. The number of carbonyl (C=O) groups excluding carboxylic acids is 1. The molecule has 1 aliphatic carbocycles. The van der Waals surface area contributed by atoms with Gasteiger partial charge in [0.1, 0.15) is 21.4 Å². The Hall–Kier alpha value is -2.62. The summed E-state index contributed by atoms with van der Waals surface area (Å²) in [5, 5.41) is 3.19. The lowest BCUT2D eigenvalue weighted by molar-refractivity contribution is -0.137. The van der Waals surface area contributed by atoms with Gasteiger partial charge in [0.05, 0.1) is 11.3 Å². The van der Waals surface area contributed by atoms with Crippen LogP contribution in [0, 0.1) is 0 Å². The van der Waals surface area contributed by atoms with Gasteiger partial charge in [-0.3, -0.25) is 4.79 Å². The number of carbonyl (C=O) groups is 1. The van der Waals surface area contributed by atoms with Gasteiger partial charge in [-0.2, -0.15) is 13.2 Å². The first kappa shape index (κ1) is 23.1. The number of hydrogen-bond donors (Lipinski definition) is 1. The van der Waals surface area contributed by atoms with Crippen molar-refractivity contribution in [3.63, 3.8) is 0 Å². The first-order valence-corrected chi connectivity index (χ1v) is 12.5. The molecule has 0 unspecified atom stereocenters. The zero-order valence-electron chi connectivity index (χ0n) is 17.5. The molecule has 1 atom stereocenters. The van der Waals surface area contributed by atoms with E-state index < -0.39 is 22.9 Å². The monoisotopic (exact) mass is 519 g/mol. The van der Waals surface area contributed by atoms with Crippen LogP contribution in [0.2, 0.25) is 5.02 Å². The van der Waals surface area contributed by atoms with E-state index in [1.807, 2.05) is 6.07 Å². The number of benzene rings is 2. The Morgan fingerprint density at radius 1 is 1.12 bits per heavy atom. The Morgan fingerprint density at radius 3 is 2.68 bits per heavy atom. The number of thiophene rings is 1. The van der Waals surface area contributed by atoms with E-state index in [0.29, 0.717) is 10.6 Å². The van der Waals surface area contributed by atoms with E-state index in [2.05, 4.69) is 15.3 Å². The van der Waals surface area contributed by atoms with Crippen molar-refractivity contribution >= 4 is 56.5 Å². The van der Waals surface area contributed by atoms with E-state index in [-0.39, 0.29) is 10.7 Å². The number of thioether (sulfide) groups is 1. The predicted octanol–water partition coefficient (Wildman–Crippen LogP) is 7.32. The highest BCUT2D eigenvalue weighted by molar-refractivity contribution is 8.00. The molecular weight excluding hydrogens is 503 g/mol. The van der Waals surface area contributed by atoms with Crippen LogP contribution in [0.5, 0.6) is 0 Å². The Labute approximate surface area is 206 Å². The first-order valence-electron chi connectivity index (χ1n) is 10.5. The van der Waals surface area contributed by atoms with Crippen LogP contribution < -0.4 is 5.32 Å².